The molecule has 0 amide bonds. The number of benzene rings is 3. The summed E-state index contributed by atoms with van der Waals surface area (Å²) in [4.78, 5) is 13.9. The van der Waals surface area contributed by atoms with Crippen molar-refractivity contribution < 1.29 is 14.6 Å². The van der Waals surface area contributed by atoms with Crippen molar-refractivity contribution in [3.63, 3.8) is 0 Å². The number of aliphatic hydroxyl groups is 1. The molecule has 0 spiro atoms. The Kier molecular flexibility index (Phi) is 9.66. The third kappa shape index (κ3) is 7.21. The zero-order valence-corrected chi connectivity index (χ0v) is 23.7. The molecule has 204 valence electrons. The van der Waals surface area contributed by atoms with Crippen molar-refractivity contribution >= 4 is 0 Å². The highest BCUT2D eigenvalue weighted by atomic mass is 16.5. The molecule has 0 aliphatic heterocycles. The smallest absolute Gasteiger partial charge is 0.328 e. The Morgan fingerprint density at radius 1 is 0.667 bits per heavy atom. The topological polar surface area (TPSA) is 77.4 Å². The summed E-state index contributed by atoms with van der Waals surface area (Å²) in [6.07, 6.45) is 5.76. The summed E-state index contributed by atoms with van der Waals surface area (Å²) in [5, 5.41) is 11.1. The van der Waals surface area contributed by atoms with Crippen LogP contribution in [0.1, 0.15) is 79.4 Å². The van der Waals surface area contributed by atoms with Crippen LogP contribution in [-0.2, 0) is 0 Å². The molecule has 0 saturated carbocycles. The van der Waals surface area contributed by atoms with E-state index in [9.17, 15) is 5.11 Å². The van der Waals surface area contributed by atoms with Gasteiger partial charge < -0.3 is 14.6 Å². The largest absolute Gasteiger partial charge is 0.424 e. The monoisotopic (exact) mass is 525 g/mol. The van der Waals surface area contributed by atoms with Crippen LogP contribution in [0, 0.1) is 27.7 Å². The summed E-state index contributed by atoms with van der Waals surface area (Å²) in [5.41, 5.74) is 5.76. The zero-order valence-electron chi connectivity index (χ0n) is 23.7. The molecular weight excluding hydrogens is 486 g/mol. The van der Waals surface area contributed by atoms with E-state index in [1.165, 1.54) is 19.3 Å². The fourth-order valence-electron chi connectivity index (χ4n) is 4.50. The summed E-state index contributed by atoms with van der Waals surface area (Å²) in [6.45, 7) is 10.3. The van der Waals surface area contributed by atoms with Crippen LogP contribution in [0.15, 0.2) is 60.7 Å². The fraction of sp³-hybridized carbons (Fsp3) is 0.364. The molecule has 0 aliphatic carbocycles. The molecule has 3 aromatic carbocycles. The van der Waals surface area contributed by atoms with Gasteiger partial charge in [-0.15, -0.1) is 4.98 Å². The summed E-state index contributed by atoms with van der Waals surface area (Å²) in [6, 6.07) is 19.7. The molecule has 0 radical (unpaired) electrons. The van der Waals surface area contributed by atoms with Crippen molar-refractivity contribution in [3.8, 4) is 34.9 Å². The maximum absolute atomic E-state index is 11.1. The predicted molar refractivity (Wildman–Crippen MR) is 156 cm³/mol. The number of ether oxygens (including phenoxy) is 2. The molecule has 0 fully saturated rings. The lowest BCUT2D eigenvalue weighted by atomic mass is 9.97. The molecule has 0 saturated heterocycles. The van der Waals surface area contributed by atoms with Gasteiger partial charge in [-0.05, 0) is 74.1 Å². The van der Waals surface area contributed by atoms with Crippen molar-refractivity contribution in [2.45, 2.75) is 79.2 Å². The Labute approximate surface area is 232 Å². The zero-order chi connectivity index (χ0) is 27.8. The van der Waals surface area contributed by atoms with Gasteiger partial charge in [0.25, 0.3) is 0 Å². The molecule has 1 aromatic heterocycles. The van der Waals surface area contributed by atoms with Crippen LogP contribution < -0.4 is 9.47 Å². The molecule has 4 aromatic rings. The quantitative estimate of drug-likeness (QED) is 0.186. The molecule has 1 heterocycles. The van der Waals surface area contributed by atoms with Crippen LogP contribution in [0.3, 0.4) is 0 Å². The number of aryl methyl sites for hydroxylation is 2. The molecule has 0 aliphatic rings. The Balaban J connectivity index is 1.71. The van der Waals surface area contributed by atoms with Crippen molar-refractivity contribution in [3.05, 3.63) is 88.5 Å². The van der Waals surface area contributed by atoms with E-state index in [2.05, 4.69) is 21.9 Å². The summed E-state index contributed by atoms with van der Waals surface area (Å²) in [5.74, 6) is 1.74. The number of aromatic nitrogens is 3. The lowest BCUT2D eigenvalue weighted by Crippen LogP contribution is -2.05. The molecule has 1 atom stereocenters. The van der Waals surface area contributed by atoms with Gasteiger partial charge in [-0.25, -0.2) is 0 Å². The van der Waals surface area contributed by atoms with Crippen molar-refractivity contribution in [1.29, 1.82) is 0 Å². The molecule has 39 heavy (non-hydrogen) atoms. The third-order valence-electron chi connectivity index (χ3n) is 7.25. The summed E-state index contributed by atoms with van der Waals surface area (Å²) in [7, 11) is 0. The van der Waals surface area contributed by atoms with Gasteiger partial charge in [-0.1, -0.05) is 87.6 Å². The normalized spacial score (nSPS) is 11.8. The van der Waals surface area contributed by atoms with Gasteiger partial charge in [0, 0.05) is 5.56 Å². The first kappa shape index (κ1) is 28.2. The summed E-state index contributed by atoms with van der Waals surface area (Å²) >= 11 is 0. The van der Waals surface area contributed by atoms with Crippen molar-refractivity contribution in [1.82, 2.24) is 15.0 Å². The Morgan fingerprint density at radius 2 is 1.23 bits per heavy atom. The minimum atomic E-state index is -0.619. The predicted octanol–water partition coefficient (Wildman–Crippen LogP) is 8.75. The molecule has 0 bridgehead atoms. The Morgan fingerprint density at radius 3 is 1.82 bits per heavy atom. The van der Waals surface area contributed by atoms with E-state index >= 15 is 0 Å². The van der Waals surface area contributed by atoms with E-state index in [4.69, 9.17) is 9.47 Å². The number of nitrogens with zero attached hydrogens (tertiary/aromatic N) is 3. The van der Waals surface area contributed by atoms with E-state index in [0.29, 0.717) is 23.7 Å². The first-order valence-electron chi connectivity index (χ1n) is 13.9. The second-order valence-electron chi connectivity index (χ2n) is 10.1. The second-order valence-corrected chi connectivity index (χ2v) is 10.1. The van der Waals surface area contributed by atoms with E-state index in [-0.39, 0.29) is 12.0 Å². The van der Waals surface area contributed by atoms with Gasteiger partial charge in [0.05, 0.1) is 6.10 Å². The minimum Gasteiger partial charge on any atom is -0.424 e. The Hall–Kier alpha value is -3.77. The highest BCUT2D eigenvalue weighted by Crippen LogP contribution is 2.33. The first-order valence-corrected chi connectivity index (χ1v) is 13.9. The highest BCUT2D eigenvalue weighted by Gasteiger charge is 2.19. The third-order valence-corrected chi connectivity index (χ3v) is 7.25. The standard InChI is InChI=1S/C33H39N3O3/c1-6-7-8-9-10-19-28(37)26-17-11-12-18-27(26)31-34-32(38-29-20-13-15-22(2)24(29)4)36-33(35-31)39-30-21-14-16-23(3)25(30)5/h11-18,20-21,28,37H,6-10,19H2,1-5H3. The highest BCUT2D eigenvalue weighted by molar-refractivity contribution is 5.61. The molecular formula is C33H39N3O3. The van der Waals surface area contributed by atoms with Crippen molar-refractivity contribution in [2.24, 2.45) is 0 Å². The maximum Gasteiger partial charge on any atom is 0.328 e. The lowest BCUT2D eigenvalue weighted by molar-refractivity contribution is 0.164. The van der Waals surface area contributed by atoms with E-state index in [1.807, 2.05) is 88.4 Å². The molecule has 6 nitrogen and oxygen atoms in total. The first-order chi connectivity index (χ1) is 18.9. The SMILES string of the molecule is CCCCCCCC(O)c1ccccc1-c1nc(Oc2cccc(C)c2C)nc(Oc2cccc(C)c2C)n1. The van der Waals surface area contributed by atoms with Gasteiger partial charge in [-0.2, -0.15) is 9.97 Å². The number of aliphatic hydroxyl groups excluding tert-OH is 1. The van der Waals surface area contributed by atoms with Gasteiger partial charge in [-0.3, -0.25) is 0 Å². The molecule has 1 N–H and O–H groups in total. The van der Waals surface area contributed by atoms with Gasteiger partial charge in [0.2, 0.25) is 0 Å². The molecule has 1 unspecified atom stereocenters. The van der Waals surface area contributed by atoms with Crippen LogP contribution >= 0.6 is 0 Å². The summed E-state index contributed by atoms with van der Waals surface area (Å²) < 4.78 is 12.4. The molecule has 6 heteroatoms. The second kappa shape index (κ2) is 13.3. The number of unbranched alkanes of at least 4 members (excludes halogenated alkanes) is 4. The maximum atomic E-state index is 11.1. The Bertz CT molecular complexity index is 1330. The van der Waals surface area contributed by atoms with Crippen LogP contribution in [0.4, 0.5) is 0 Å². The molecule has 4 rings (SSSR count). The van der Waals surface area contributed by atoms with Gasteiger partial charge >= 0.3 is 12.0 Å². The van der Waals surface area contributed by atoms with Crippen LogP contribution in [0.2, 0.25) is 0 Å². The van der Waals surface area contributed by atoms with Crippen LogP contribution in [-0.4, -0.2) is 20.1 Å². The van der Waals surface area contributed by atoms with Crippen LogP contribution in [0.25, 0.3) is 11.4 Å². The van der Waals surface area contributed by atoms with Gasteiger partial charge in [0.1, 0.15) is 11.5 Å². The van der Waals surface area contributed by atoms with Crippen LogP contribution in [0.5, 0.6) is 23.5 Å². The van der Waals surface area contributed by atoms with Crippen molar-refractivity contribution in [2.75, 3.05) is 0 Å². The van der Waals surface area contributed by atoms with E-state index < -0.39 is 6.10 Å². The lowest BCUT2D eigenvalue weighted by Gasteiger charge is -2.16. The van der Waals surface area contributed by atoms with E-state index in [1.54, 1.807) is 0 Å². The van der Waals surface area contributed by atoms with Gasteiger partial charge in [0.15, 0.2) is 5.82 Å². The average Bonchev–Trinajstić information content (AvgIpc) is 2.93. The fourth-order valence-corrected chi connectivity index (χ4v) is 4.50. The number of hydrogen-bond acceptors (Lipinski definition) is 6. The average molecular weight is 526 g/mol. The minimum absolute atomic E-state index is 0.137. The number of hydrogen-bond donors (Lipinski definition) is 1. The van der Waals surface area contributed by atoms with E-state index in [0.717, 1.165) is 46.2 Å². The number of rotatable bonds is 12.